The van der Waals surface area contributed by atoms with Crippen LogP contribution in [0.3, 0.4) is 0 Å². The van der Waals surface area contributed by atoms with E-state index in [9.17, 15) is 4.79 Å². The van der Waals surface area contributed by atoms with E-state index in [0.29, 0.717) is 18.1 Å². The molecule has 0 fully saturated rings. The van der Waals surface area contributed by atoms with Crippen LogP contribution in [0.4, 0.5) is 5.69 Å². The van der Waals surface area contributed by atoms with E-state index in [1.807, 2.05) is 73.6 Å². The van der Waals surface area contributed by atoms with Gasteiger partial charge in [-0.2, -0.15) is 0 Å². The second-order valence-corrected chi connectivity index (χ2v) is 5.50. The van der Waals surface area contributed by atoms with Gasteiger partial charge in [0.15, 0.2) is 0 Å². The second-order valence-electron chi connectivity index (χ2n) is 5.07. The van der Waals surface area contributed by atoms with Crippen LogP contribution in [0.5, 0.6) is 0 Å². The van der Waals surface area contributed by atoms with Crippen molar-refractivity contribution in [2.75, 3.05) is 25.5 Å². The van der Waals surface area contributed by atoms with Gasteiger partial charge in [0.1, 0.15) is 0 Å². The van der Waals surface area contributed by atoms with Crippen molar-refractivity contribution >= 4 is 23.2 Å². The Bertz CT molecular complexity index is 583. The van der Waals surface area contributed by atoms with Crippen molar-refractivity contribution in [1.82, 2.24) is 4.90 Å². The van der Waals surface area contributed by atoms with Crippen molar-refractivity contribution in [3.05, 3.63) is 65.2 Å². The minimum atomic E-state index is 0.0799. The molecule has 2 aromatic carbocycles. The van der Waals surface area contributed by atoms with Gasteiger partial charge in [-0.3, -0.25) is 4.79 Å². The fourth-order valence-electron chi connectivity index (χ4n) is 2.05. The fraction of sp³-hybridized carbons (Fsp3) is 0.235. The summed E-state index contributed by atoms with van der Waals surface area (Å²) in [5, 5.41) is 0.705. The number of halogens is 1. The predicted octanol–water partition coefficient (Wildman–Crippen LogP) is 3.43. The van der Waals surface area contributed by atoms with E-state index in [2.05, 4.69) is 0 Å². The first-order valence-electron chi connectivity index (χ1n) is 6.81. The molecule has 0 saturated heterocycles. The van der Waals surface area contributed by atoms with Gasteiger partial charge in [-0.25, -0.2) is 0 Å². The van der Waals surface area contributed by atoms with Gasteiger partial charge in [-0.05, 0) is 29.8 Å². The lowest BCUT2D eigenvalue weighted by atomic mass is 10.2. The highest BCUT2D eigenvalue weighted by Gasteiger charge is 2.12. The molecule has 4 heteroatoms. The molecular weight excluding hydrogens is 284 g/mol. The molecule has 0 aliphatic heterocycles. The standard InChI is InChI=1S/C17H19ClN2O/c1-19(16-6-4-3-5-7-16)13-17(21)20(2)12-14-8-10-15(18)11-9-14/h3-11H,12-13H2,1-2H3. The van der Waals surface area contributed by atoms with E-state index in [1.54, 1.807) is 4.90 Å². The average molecular weight is 303 g/mol. The molecule has 0 radical (unpaired) electrons. The van der Waals surface area contributed by atoms with Crippen LogP contribution in [0, 0.1) is 0 Å². The summed E-state index contributed by atoms with van der Waals surface area (Å²) in [6, 6.07) is 17.4. The smallest absolute Gasteiger partial charge is 0.242 e. The highest BCUT2D eigenvalue weighted by atomic mass is 35.5. The van der Waals surface area contributed by atoms with Crippen molar-refractivity contribution in [3.8, 4) is 0 Å². The number of hydrogen-bond acceptors (Lipinski definition) is 2. The van der Waals surface area contributed by atoms with Crippen molar-refractivity contribution in [2.24, 2.45) is 0 Å². The lowest BCUT2D eigenvalue weighted by Crippen LogP contribution is -2.36. The summed E-state index contributed by atoms with van der Waals surface area (Å²) in [4.78, 5) is 15.9. The highest BCUT2D eigenvalue weighted by molar-refractivity contribution is 6.30. The van der Waals surface area contributed by atoms with Crippen LogP contribution in [0.25, 0.3) is 0 Å². The first-order chi connectivity index (χ1) is 10.1. The highest BCUT2D eigenvalue weighted by Crippen LogP contribution is 2.13. The molecule has 1 amide bonds. The predicted molar refractivity (Wildman–Crippen MR) is 87.6 cm³/mol. The zero-order valence-electron chi connectivity index (χ0n) is 12.3. The molecule has 2 rings (SSSR count). The lowest BCUT2D eigenvalue weighted by molar-refractivity contribution is -0.128. The monoisotopic (exact) mass is 302 g/mol. The Kier molecular flexibility index (Phi) is 5.23. The Hall–Kier alpha value is -2.00. The van der Waals surface area contributed by atoms with Crippen molar-refractivity contribution in [1.29, 1.82) is 0 Å². The summed E-state index contributed by atoms with van der Waals surface area (Å²) in [7, 11) is 3.74. The number of rotatable bonds is 5. The van der Waals surface area contributed by atoms with E-state index in [0.717, 1.165) is 11.3 Å². The average Bonchev–Trinajstić information content (AvgIpc) is 2.50. The maximum Gasteiger partial charge on any atom is 0.242 e. The number of amides is 1. The van der Waals surface area contributed by atoms with Crippen LogP contribution in [0.2, 0.25) is 5.02 Å². The first kappa shape index (κ1) is 15.4. The van der Waals surface area contributed by atoms with Crippen LogP contribution in [-0.2, 0) is 11.3 Å². The molecular formula is C17H19ClN2O. The van der Waals surface area contributed by atoms with Gasteiger partial charge in [0.05, 0.1) is 6.54 Å². The van der Waals surface area contributed by atoms with Crippen LogP contribution in [0.1, 0.15) is 5.56 Å². The number of nitrogens with zero attached hydrogens (tertiary/aromatic N) is 2. The molecule has 3 nitrogen and oxygen atoms in total. The van der Waals surface area contributed by atoms with Gasteiger partial charge in [-0.15, -0.1) is 0 Å². The number of likely N-dealkylation sites (N-methyl/N-ethyl adjacent to an activating group) is 2. The minimum absolute atomic E-state index is 0.0799. The molecule has 0 N–H and O–H groups in total. The summed E-state index contributed by atoms with van der Waals surface area (Å²) in [5.74, 6) is 0.0799. The van der Waals surface area contributed by atoms with E-state index >= 15 is 0 Å². The van der Waals surface area contributed by atoms with Gasteiger partial charge < -0.3 is 9.80 Å². The Morgan fingerprint density at radius 2 is 1.62 bits per heavy atom. The molecule has 0 unspecified atom stereocenters. The molecule has 110 valence electrons. The molecule has 0 spiro atoms. The quantitative estimate of drug-likeness (QED) is 0.845. The Morgan fingerprint density at radius 1 is 1.00 bits per heavy atom. The normalized spacial score (nSPS) is 10.2. The maximum absolute atomic E-state index is 12.3. The van der Waals surface area contributed by atoms with Crippen LogP contribution in [-0.4, -0.2) is 31.4 Å². The summed E-state index contributed by atoms with van der Waals surface area (Å²) >= 11 is 5.86. The van der Waals surface area contributed by atoms with Crippen molar-refractivity contribution < 1.29 is 4.79 Å². The Balaban J connectivity index is 1.92. The zero-order valence-corrected chi connectivity index (χ0v) is 13.0. The number of carbonyl (C=O) groups is 1. The van der Waals surface area contributed by atoms with Crippen molar-refractivity contribution in [3.63, 3.8) is 0 Å². The van der Waals surface area contributed by atoms with Crippen LogP contribution in [0.15, 0.2) is 54.6 Å². The summed E-state index contributed by atoms with van der Waals surface area (Å²) in [6.07, 6.45) is 0. The Labute approximate surface area is 130 Å². The van der Waals surface area contributed by atoms with Gasteiger partial charge in [0, 0.05) is 31.4 Å². The van der Waals surface area contributed by atoms with E-state index in [1.165, 1.54) is 0 Å². The molecule has 0 bridgehead atoms. The van der Waals surface area contributed by atoms with Gasteiger partial charge in [-0.1, -0.05) is 41.9 Å². The summed E-state index contributed by atoms with van der Waals surface area (Å²) < 4.78 is 0. The number of benzene rings is 2. The SMILES string of the molecule is CN(Cc1ccc(Cl)cc1)C(=O)CN(C)c1ccccc1. The molecule has 21 heavy (non-hydrogen) atoms. The molecule has 2 aromatic rings. The molecule has 0 aromatic heterocycles. The number of carbonyl (C=O) groups excluding carboxylic acids is 1. The van der Waals surface area contributed by atoms with Gasteiger partial charge in [0.25, 0.3) is 0 Å². The van der Waals surface area contributed by atoms with Gasteiger partial charge in [0.2, 0.25) is 5.91 Å². The molecule has 0 heterocycles. The molecule has 0 aliphatic carbocycles. The van der Waals surface area contributed by atoms with Crippen molar-refractivity contribution in [2.45, 2.75) is 6.54 Å². The van der Waals surface area contributed by atoms with E-state index in [-0.39, 0.29) is 5.91 Å². The lowest BCUT2D eigenvalue weighted by Gasteiger charge is -2.23. The van der Waals surface area contributed by atoms with Crippen LogP contribution >= 0.6 is 11.6 Å². The molecule has 0 atom stereocenters. The topological polar surface area (TPSA) is 23.6 Å². The maximum atomic E-state index is 12.3. The fourth-order valence-corrected chi connectivity index (χ4v) is 2.18. The number of para-hydroxylation sites is 1. The Morgan fingerprint density at radius 3 is 2.24 bits per heavy atom. The van der Waals surface area contributed by atoms with Crippen LogP contribution < -0.4 is 4.90 Å². The van der Waals surface area contributed by atoms with E-state index < -0.39 is 0 Å². The number of anilines is 1. The zero-order chi connectivity index (χ0) is 15.2. The third-order valence-corrected chi connectivity index (χ3v) is 3.58. The molecule has 0 aliphatic rings. The largest absolute Gasteiger partial charge is 0.365 e. The first-order valence-corrected chi connectivity index (χ1v) is 7.18. The summed E-state index contributed by atoms with van der Waals surface area (Å²) in [6.45, 7) is 0.937. The minimum Gasteiger partial charge on any atom is -0.365 e. The second kappa shape index (κ2) is 7.14. The third kappa shape index (κ3) is 4.50. The third-order valence-electron chi connectivity index (χ3n) is 3.33. The molecule has 0 saturated carbocycles. The number of hydrogen-bond donors (Lipinski definition) is 0. The summed E-state index contributed by atoms with van der Waals surface area (Å²) in [5.41, 5.74) is 2.10. The van der Waals surface area contributed by atoms with Gasteiger partial charge >= 0.3 is 0 Å². The van der Waals surface area contributed by atoms with E-state index in [4.69, 9.17) is 11.6 Å².